The zero-order valence-corrected chi connectivity index (χ0v) is 11.4. The van der Waals surface area contributed by atoms with Gasteiger partial charge in [0.25, 0.3) is 15.9 Å². The Morgan fingerprint density at radius 2 is 1.55 bits per heavy atom. The molecule has 2 aromatic carbocycles. The van der Waals surface area contributed by atoms with Gasteiger partial charge in [0.05, 0.1) is 5.56 Å². The van der Waals surface area contributed by atoms with Crippen LogP contribution in [0.5, 0.6) is 0 Å². The number of nitrogens with two attached hydrogens (primary N) is 1. The van der Waals surface area contributed by atoms with E-state index in [9.17, 15) is 13.2 Å². The number of carbonyl (C=O) groups is 1. The predicted octanol–water partition coefficient (Wildman–Crippen LogP) is 1.26. The van der Waals surface area contributed by atoms with Crippen LogP contribution in [0.3, 0.4) is 0 Å². The van der Waals surface area contributed by atoms with Gasteiger partial charge in [-0.1, -0.05) is 42.5 Å². The molecular formula is C14H14N2O3S. The van der Waals surface area contributed by atoms with Gasteiger partial charge in [0.2, 0.25) is 0 Å². The Morgan fingerprint density at radius 3 is 2.10 bits per heavy atom. The fourth-order valence-corrected chi connectivity index (χ4v) is 2.91. The Balaban J connectivity index is 0.000000160. The first kappa shape index (κ1) is 14.2. The van der Waals surface area contributed by atoms with Gasteiger partial charge in [0.1, 0.15) is 4.90 Å². The molecule has 3 rings (SSSR count). The lowest BCUT2D eigenvalue weighted by atomic mass is 10.2. The summed E-state index contributed by atoms with van der Waals surface area (Å²) in [4.78, 5) is 11.1. The number of fused-ring (bicyclic) bond motifs is 1. The molecule has 1 aliphatic heterocycles. The molecule has 3 N–H and O–H groups in total. The summed E-state index contributed by atoms with van der Waals surface area (Å²) in [6.07, 6.45) is 0. The minimum Gasteiger partial charge on any atom is -0.326 e. The molecule has 0 radical (unpaired) electrons. The largest absolute Gasteiger partial charge is 0.326 e. The Hall–Kier alpha value is -2.18. The highest BCUT2D eigenvalue weighted by Crippen LogP contribution is 2.20. The molecule has 0 saturated carbocycles. The van der Waals surface area contributed by atoms with Gasteiger partial charge in [0.15, 0.2) is 0 Å². The number of benzene rings is 2. The summed E-state index contributed by atoms with van der Waals surface area (Å²) in [6.45, 7) is 0.640. The number of rotatable bonds is 1. The van der Waals surface area contributed by atoms with Gasteiger partial charge in [-0.25, -0.2) is 13.1 Å². The van der Waals surface area contributed by atoms with Gasteiger partial charge in [0, 0.05) is 6.54 Å². The average molecular weight is 290 g/mol. The van der Waals surface area contributed by atoms with Crippen molar-refractivity contribution in [2.24, 2.45) is 5.73 Å². The molecule has 0 bridgehead atoms. The minimum absolute atomic E-state index is 0.0648. The zero-order chi connectivity index (χ0) is 14.6. The topological polar surface area (TPSA) is 89.3 Å². The number of hydrogen-bond acceptors (Lipinski definition) is 4. The van der Waals surface area contributed by atoms with Crippen molar-refractivity contribution in [3.05, 3.63) is 65.7 Å². The van der Waals surface area contributed by atoms with Crippen molar-refractivity contribution < 1.29 is 13.2 Å². The summed E-state index contributed by atoms with van der Waals surface area (Å²) in [5.41, 5.74) is 6.76. The predicted molar refractivity (Wildman–Crippen MR) is 75.4 cm³/mol. The van der Waals surface area contributed by atoms with E-state index in [0.717, 1.165) is 0 Å². The zero-order valence-electron chi connectivity index (χ0n) is 10.6. The maximum atomic E-state index is 11.1. The maximum Gasteiger partial charge on any atom is 0.266 e. The van der Waals surface area contributed by atoms with Gasteiger partial charge in [-0.2, -0.15) is 0 Å². The van der Waals surface area contributed by atoms with Crippen LogP contribution < -0.4 is 10.5 Å². The molecule has 1 heterocycles. The average Bonchev–Trinajstić information content (AvgIpc) is 2.71. The smallest absolute Gasteiger partial charge is 0.266 e. The van der Waals surface area contributed by atoms with Crippen LogP contribution in [0.15, 0.2) is 59.5 Å². The molecule has 20 heavy (non-hydrogen) atoms. The SMILES string of the molecule is NCc1ccccc1.O=C1NS(=O)(=O)c2ccccc21. The van der Waals surface area contributed by atoms with E-state index < -0.39 is 15.9 Å². The molecule has 2 aromatic rings. The number of hydrogen-bond donors (Lipinski definition) is 2. The molecule has 1 aliphatic rings. The highest BCUT2D eigenvalue weighted by Gasteiger charge is 2.31. The number of carbonyl (C=O) groups excluding carboxylic acids is 1. The Labute approximate surface area is 117 Å². The van der Waals surface area contributed by atoms with E-state index in [1.165, 1.54) is 17.7 Å². The Kier molecular flexibility index (Phi) is 4.16. The van der Waals surface area contributed by atoms with Crippen molar-refractivity contribution in [3.8, 4) is 0 Å². The second kappa shape index (κ2) is 5.85. The van der Waals surface area contributed by atoms with Crippen LogP contribution in [-0.2, 0) is 16.6 Å². The maximum absolute atomic E-state index is 11.1. The van der Waals surface area contributed by atoms with E-state index in [0.29, 0.717) is 6.54 Å². The third kappa shape index (κ3) is 3.04. The molecule has 0 saturated heterocycles. The summed E-state index contributed by atoms with van der Waals surface area (Å²) >= 11 is 0. The first-order valence-corrected chi connectivity index (χ1v) is 7.43. The van der Waals surface area contributed by atoms with Crippen molar-refractivity contribution in [3.63, 3.8) is 0 Å². The summed E-state index contributed by atoms with van der Waals surface area (Å²) in [5.74, 6) is -0.550. The van der Waals surface area contributed by atoms with Crippen LogP contribution in [0.2, 0.25) is 0 Å². The van der Waals surface area contributed by atoms with Crippen molar-refractivity contribution in [1.29, 1.82) is 0 Å². The van der Waals surface area contributed by atoms with Crippen LogP contribution >= 0.6 is 0 Å². The molecule has 1 amide bonds. The van der Waals surface area contributed by atoms with Crippen molar-refractivity contribution in [1.82, 2.24) is 4.72 Å². The minimum atomic E-state index is -3.55. The first-order valence-electron chi connectivity index (χ1n) is 5.95. The van der Waals surface area contributed by atoms with Crippen LogP contribution in [-0.4, -0.2) is 14.3 Å². The fourth-order valence-electron chi connectivity index (χ4n) is 1.73. The molecule has 0 aliphatic carbocycles. The highest BCUT2D eigenvalue weighted by atomic mass is 32.2. The second-order valence-electron chi connectivity index (χ2n) is 4.12. The lowest BCUT2D eigenvalue weighted by Gasteiger charge is -1.91. The van der Waals surface area contributed by atoms with Crippen LogP contribution in [0.25, 0.3) is 0 Å². The summed E-state index contributed by atoms with van der Waals surface area (Å²) in [6, 6.07) is 16.1. The molecule has 104 valence electrons. The van der Waals surface area contributed by atoms with Gasteiger partial charge < -0.3 is 5.73 Å². The molecule has 0 atom stereocenters. The molecule has 5 nitrogen and oxygen atoms in total. The second-order valence-corrected chi connectivity index (χ2v) is 5.77. The van der Waals surface area contributed by atoms with Gasteiger partial charge >= 0.3 is 0 Å². The van der Waals surface area contributed by atoms with Crippen molar-refractivity contribution in [2.45, 2.75) is 11.4 Å². The normalized spacial score (nSPS) is 14.8. The monoisotopic (exact) mass is 290 g/mol. The summed E-state index contributed by atoms with van der Waals surface area (Å²) in [5, 5.41) is 0. The lowest BCUT2D eigenvalue weighted by molar-refractivity contribution is 0.0985. The molecule has 0 spiro atoms. The lowest BCUT2D eigenvalue weighted by Crippen LogP contribution is -2.20. The first-order chi connectivity index (χ1) is 9.54. The summed E-state index contributed by atoms with van der Waals surface area (Å²) < 4.78 is 24.2. The molecule has 0 aromatic heterocycles. The summed E-state index contributed by atoms with van der Waals surface area (Å²) in [7, 11) is -3.55. The Bertz CT molecular complexity index is 712. The Morgan fingerprint density at radius 1 is 0.950 bits per heavy atom. The van der Waals surface area contributed by atoms with Crippen LogP contribution in [0.1, 0.15) is 15.9 Å². The van der Waals surface area contributed by atoms with E-state index in [-0.39, 0.29) is 10.5 Å². The number of sulfonamides is 1. The number of amides is 1. The van der Waals surface area contributed by atoms with E-state index in [2.05, 4.69) is 0 Å². The van der Waals surface area contributed by atoms with Crippen LogP contribution in [0.4, 0.5) is 0 Å². The van der Waals surface area contributed by atoms with Crippen LogP contribution in [0, 0.1) is 0 Å². The van der Waals surface area contributed by atoms with E-state index in [4.69, 9.17) is 5.73 Å². The van der Waals surface area contributed by atoms with E-state index in [1.54, 1.807) is 12.1 Å². The third-order valence-electron chi connectivity index (χ3n) is 2.73. The number of nitrogens with one attached hydrogen (secondary N) is 1. The van der Waals surface area contributed by atoms with Gasteiger partial charge in [-0.3, -0.25) is 4.79 Å². The standard InChI is InChI=1S/C7H5NO3S.C7H9N/c9-7-5-3-1-2-4-6(5)12(10,11)8-7;8-6-7-4-2-1-3-5-7/h1-4H,(H,8,9);1-5H,6,8H2. The van der Waals surface area contributed by atoms with E-state index >= 15 is 0 Å². The highest BCUT2D eigenvalue weighted by molar-refractivity contribution is 7.90. The molecule has 6 heteroatoms. The fraction of sp³-hybridized carbons (Fsp3) is 0.0714. The van der Waals surface area contributed by atoms with Gasteiger partial charge in [-0.15, -0.1) is 0 Å². The van der Waals surface area contributed by atoms with Gasteiger partial charge in [-0.05, 0) is 17.7 Å². The van der Waals surface area contributed by atoms with Crippen molar-refractivity contribution in [2.75, 3.05) is 0 Å². The molecule has 0 fully saturated rings. The van der Waals surface area contributed by atoms with E-state index in [1.807, 2.05) is 35.1 Å². The quantitative estimate of drug-likeness (QED) is 0.827. The molecule has 0 unspecified atom stereocenters. The molecular weight excluding hydrogens is 276 g/mol. The van der Waals surface area contributed by atoms with Crippen molar-refractivity contribution >= 4 is 15.9 Å². The third-order valence-corrected chi connectivity index (χ3v) is 4.12.